The molecule has 5 heteroatoms. The van der Waals surface area contributed by atoms with Crippen molar-refractivity contribution in [2.24, 2.45) is 4.99 Å². The van der Waals surface area contributed by atoms with Crippen molar-refractivity contribution in [3.05, 3.63) is 15.6 Å². The highest BCUT2D eigenvalue weighted by Gasteiger charge is 2.22. The van der Waals surface area contributed by atoms with E-state index in [9.17, 15) is 0 Å². The van der Waals surface area contributed by atoms with E-state index in [0.29, 0.717) is 6.04 Å². The summed E-state index contributed by atoms with van der Waals surface area (Å²) in [7, 11) is 1.80. The van der Waals surface area contributed by atoms with Crippen LogP contribution in [0.4, 0.5) is 0 Å². The molecule has 0 aliphatic heterocycles. The van der Waals surface area contributed by atoms with E-state index in [2.05, 4.69) is 27.5 Å². The zero-order chi connectivity index (χ0) is 11.5. The van der Waals surface area contributed by atoms with Crippen LogP contribution in [0.25, 0.3) is 0 Å². The zero-order valence-corrected chi connectivity index (χ0v) is 10.8. The first-order valence-corrected chi connectivity index (χ1v) is 6.41. The molecule has 0 amide bonds. The molecule has 0 radical (unpaired) electrons. The first-order valence-electron chi connectivity index (χ1n) is 5.59. The SMILES string of the molecule is CN=C(NCc1nc(C)sc1C)NC1CC1. The van der Waals surface area contributed by atoms with E-state index in [-0.39, 0.29) is 0 Å². The lowest BCUT2D eigenvalue weighted by Gasteiger charge is -2.10. The monoisotopic (exact) mass is 238 g/mol. The molecule has 2 N–H and O–H groups in total. The molecular formula is C11H18N4S. The summed E-state index contributed by atoms with van der Waals surface area (Å²) in [6, 6.07) is 0.629. The van der Waals surface area contributed by atoms with Crippen LogP contribution in [0.3, 0.4) is 0 Å². The molecule has 0 unspecified atom stereocenters. The largest absolute Gasteiger partial charge is 0.354 e. The number of thiazole rings is 1. The van der Waals surface area contributed by atoms with Crippen LogP contribution in [-0.2, 0) is 6.54 Å². The van der Waals surface area contributed by atoms with Gasteiger partial charge < -0.3 is 10.6 Å². The highest BCUT2D eigenvalue weighted by Crippen LogP contribution is 2.18. The average Bonchev–Trinajstić information content (AvgIpc) is 3.00. The van der Waals surface area contributed by atoms with E-state index < -0.39 is 0 Å². The number of aryl methyl sites for hydroxylation is 2. The van der Waals surface area contributed by atoms with Gasteiger partial charge in [-0.1, -0.05) is 0 Å². The van der Waals surface area contributed by atoms with Crippen molar-refractivity contribution in [2.75, 3.05) is 7.05 Å². The van der Waals surface area contributed by atoms with Gasteiger partial charge in [0.15, 0.2) is 5.96 Å². The normalized spacial score (nSPS) is 16.3. The summed E-state index contributed by atoms with van der Waals surface area (Å²) in [4.78, 5) is 9.96. The molecule has 1 fully saturated rings. The van der Waals surface area contributed by atoms with Crippen LogP contribution in [0.2, 0.25) is 0 Å². The van der Waals surface area contributed by atoms with Crippen LogP contribution >= 0.6 is 11.3 Å². The number of guanidine groups is 1. The van der Waals surface area contributed by atoms with Crippen LogP contribution in [0.5, 0.6) is 0 Å². The third-order valence-corrected chi connectivity index (χ3v) is 3.49. The molecule has 0 spiro atoms. The molecule has 2 rings (SSSR count). The van der Waals surface area contributed by atoms with Crippen LogP contribution in [0.15, 0.2) is 4.99 Å². The van der Waals surface area contributed by atoms with Gasteiger partial charge in [-0.25, -0.2) is 4.98 Å². The van der Waals surface area contributed by atoms with Crippen LogP contribution in [-0.4, -0.2) is 24.0 Å². The average molecular weight is 238 g/mol. The summed E-state index contributed by atoms with van der Waals surface area (Å²) >= 11 is 1.74. The summed E-state index contributed by atoms with van der Waals surface area (Å²) < 4.78 is 0. The Bertz CT molecular complexity index is 393. The van der Waals surface area contributed by atoms with Crippen molar-refractivity contribution in [1.82, 2.24) is 15.6 Å². The lowest BCUT2D eigenvalue weighted by Crippen LogP contribution is -2.38. The van der Waals surface area contributed by atoms with E-state index >= 15 is 0 Å². The molecule has 0 bridgehead atoms. The molecule has 1 aromatic rings. The fourth-order valence-corrected chi connectivity index (χ4v) is 2.35. The Morgan fingerprint density at radius 2 is 2.25 bits per heavy atom. The van der Waals surface area contributed by atoms with E-state index in [1.54, 1.807) is 18.4 Å². The predicted molar refractivity (Wildman–Crippen MR) is 67.9 cm³/mol. The topological polar surface area (TPSA) is 49.3 Å². The molecule has 0 saturated heterocycles. The Morgan fingerprint density at radius 1 is 1.50 bits per heavy atom. The second-order valence-corrected chi connectivity index (χ2v) is 5.49. The maximum atomic E-state index is 4.48. The Hall–Kier alpha value is -1.10. The van der Waals surface area contributed by atoms with Gasteiger partial charge in [0.25, 0.3) is 0 Å². The summed E-state index contributed by atoms with van der Waals surface area (Å²) in [5.74, 6) is 0.882. The number of nitrogens with one attached hydrogen (secondary N) is 2. The maximum Gasteiger partial charge on any atom is 0.191 e. The molecule has 0 atom stereocenters. The lowest BCUT2D eigenvalue weighted by atomic mass is 10.4. The lowest BCUT2D eigenvalue weighted by molar-refractivity contribution is 0.790. The van der Waals surface area contributed by atoms with Crippen molar-refractivity contribution < 1.29 is 0 Å². The van der Waals surface area contributed by atoms with Crippen molar-refractivity contribution in [2.45, 2.75) is 39.3 Å². The number of aliphatic imine (C=N–C) groups is 1. The predicted octanol–water partition coefficient (Wildman–Crippen LogP) is 1.59. The van der Waals surface area contributed by atoms with Crippen LogP contribution in [0, 0.1) is 13.8 Å². The molecule has 1 aliphatic rings. The fraction of sp³-hybridized carbons (Fsp3) is 0.636. The Morgan fingerprint density at radius 3 is 2.75 bits per heavy atom. The molecule has 1 aliphatic carbocycles. The molecule has 1 heterocycles. The Kier molecular flexibility index (Phi) is 3.43. The van der Waals surface area contributed by atoms with Gasteiger partial charge >= 0.3 is 0 Å². The van der Waals surface area contributed by atoms with Gasteiger partial charge in [-0.2, -0.15) is 0 Å². The van der Waals surface area contributed by atoms with Gasteiger partial charge in [-0.3, -0.25) is 4.99 Å². The smallest absolute Gasteiger partial charge is 0.191 e. The molecule has 4 nitrogen and oxygen atoms in total. The quantitative estimate of drug-likeness (QED) is 0.621. The highest BCUT2D eigenvalue weighted by molar-refractivity contribution is 7.11. The minimum Gasteiger partial charge on any atom is -0.354 e. The summed E-state index contributed by atoms with van der Waals surface area (Å²) in [6.07, 6.45) is 2.52. The Balaban J connectivity index is 1.87. The summed E-state index contributed by atoms with van der Waals surface area (Å²) in [5.41, 5.74) is 1.13. The zero-order valence-electron chi connectivity index (χ0n) is 10.0. The minimum atomic E-state index is 0.629. The number of hydrogen-bond donors (Lipinski definition) is 2. The van der Waals surface area contributed by atoms with E-state index in [0.717, 1.165) is 23.2 Å². The van der Waals surface area contributed by atoms with Gasteiger partial charge in [0.05, 0.1) is 17.2 Å². The molecular weight excluding hydrogens is 220 g/mol. The molecule has 88 valence electrons. The summed E-state index contributed by atoms with van der Waals surface area (Å²) in [5, 5.41) is 7.77. The van der Waals surface area contributed by atoms with Gasteiger partial charge in [-0.05, 0) is 26.7 Å². The minimum absolute atomic E-state index is 0.629. The second-order valence-electron chi connectivity index (χ2n) is 4.08. The standard InChI is InChI=1S/C11H18N4S/c1-7-10(14-8(2)16-7)6-13-11(12-3)15-9-4-5-9/h9H,4-6H2,1-3H3,(H2,12,13,15). The van der Waals surface area contributed by atoms with Crippen molar-refractivity contribution in [3.63, 3.8) is 0 Å². The maximum absolute atomic E-state index is 4.48. The number of aromatic nitrogens is 1. The van der Waals surface area contributed by atoms with Crippen LogP contribution < -0.4 is 10.6 Å². The number of rotatable bonds is 3. The second kappa shape index (κ2) is 4.82. The van der Waals surface area contributed by atoms with Gasteiger partial charge in [0, 0.05) is 18.0 Å². The summed E-state index contributed by atoms with van der Waals surface area (Å²) in [6.45, 7) is 4.90. The third-order valence-electron chi connectivity index (χ3n) is 2.56. The van der Waals surface area contributed by atoms with Crippen molar-refractivity contribution in [1.29, 1.82) is 0 Å². The van der Waals surface area contributed by atoms with Crippen LogP contribution in [0.1, 0.15) is 28.4 Å². The van der Waals surface area contributed by atoms with Gasteiger partial charge in [0.2, 0.25) is 0 Å². The van der Waals surface area contributed by atoms with Gasteiger partial charge in [-0.15, -0.1) is 11.3 Å². The highest BCUT2D eigenvalue weighted by atomic mass is 32.1. The number of nitrogens with zero attached hydrogens (tertiary/aromatic N) is 2. The van der Waals surface area contributed by atoms with E-state index in [1.165, 1.54) is 17.7 Å². The van der Waals surface area contributed by atoms with Gasteiger partial charge in [0.1, 0.15) is 0 Å². The molecule has 0 aromatic carbocycles. The van der Waals surface area contributed by atoms with E-state index in [4.69, 9.17) is 0 Å². The Labute approximate surface area is 100 Å². The van der Waals surface area contributed by atoms with E-state index in [1.807, 2.05) is 6.92 Å². The van der Waals surface area contributed by atoms with Crippen molar-refractivity contribution in [3.8, 4) is 0 Å². The fourth-order valence-electron chi connectivity index (χ4n) is 1.52. The van der Waals surface area contributed by atoms with Crippen molar-refractivity contribution >= 4 is 17.3 Å². The molecule has 1 aromatic heterocycles. The first-order chi connectivity index (χ1) is 7.69. The molecule has 16 heavy (non-hydrogen) atoms. The first kappa shape index (κ1) is 11.4. The third kappa shape index (κ3) is 2.95. The molecule has 1 saturated carbocycles. The number of hydrogen-bond acceptors (Lipinski definition) is 3.